The number of amides is 1. The largest absolute Gasteiger partial charge is 0.461 e. The number of fused-ring (bicyclic) bond motifs is 1. The number of hydrogen-bond acceptors (Lipinski definition) is 10. The van der Waals surface area contributed by atoms with Gasteiger partial charge in [-0.1, -0.05) is 24.3 Å². The Balaban J connectivity index is 0.00000267. The van der Waals surface area contributed by atoms with Crippen LogP contribution in [0.3, 0.4) is 0 Å². The number of benzene rings is 3. The van der Waals surface area contributed by atoms with Gasteiger partial charge < -0.3 is 4.74 Å². The summed E-state index contributed by atoms with van der Waals surface area (Å²) >= 11 is 0. The van der Waals surface area contributed by atoms with E-state index in [9.17, 15) is 31.0 Å². The fraction of sp³-hybridized carbons (Fsp3) is 0.136. The molecule has 2 radical (unpaired) electrons. The molecule has 0 aromatic heterocycles. The minimum absolute atomic E-state index is 0. The second-order valence-corrected chi connectivity index (χ2v) is 10.4. The van der Waals surface area contributed by atoms with E-state index in [1.54, 1.807) is 19.1 Å². The van der Waals surface area contributed by atoms with Crippen LogP contribution in [-0.4, -0.2) is 115 Å². The van der Waals surface area contributed by atoms with Crippen LogP contribution in [0.5, 0.6) is 0 Å². The summed E-state index contributed by atoms with van der Waals surface area (Å²) in [6.45, 7) is 1.54. The number of rotatable bonds is 7. The summed E-state index contributed by atoms with van der Waals surface area (Å²) in [7, 11) is -9.00. The molecule has 4 rings (SSSR count). The second kappa shape index (κ2) is 13.1. The zero-order valence-electron chi connectivity index (χ0n) is 20.9. The van der Waals surface area contributed by atoms with Crippen LogP contribution >= 0.6 is 0 Å². The first-order chi connectivity index (χ1) is 17.4. The van der Waals surface area contributed by atoms with Crippen LogP contribution in [0.2, 0.25) is 0 Å². The van der Waals surface area contributed by atoms with Crippen molar-refractivity contribution in [3.63, 3.8) is 0 Å². The molecule has 0 bridgehead atoms. The van der Waals surface area contributed by atoms with E-state index in [0.717, 1.165) is 23.2 Å². The number of carbonyl (C=O) groups excluding carboxylic acids is 2. The Hall–Kier alpha value is -2.05. The van der Waals surface area contributed by atoms with Crippen molar-refractivity contribution in [1.82, 2.24) is 0 Å². The number of anilines is 1. The summed E-state index contributed by atoms with van der Waals surface area (Å²) in [6, 6.07) is 11.6. The molecule has 1 unspecified atom stereocenters. The van der Waals surface area contributed by atoms with Crippen LogP contribution in [0.4, 0.5) is 11.4 Å². The first-order valence-electron chi connectivity index (χ1n) is 10.5. The Kier molecular flexibility index (Phi) is 11.1. The van der Waals surface area contributed by atoms with Gasteiger partial charge in [-0.15, -0.1) is 0 Å². The number of esters is 1. The number of azo groups is 1. The molecular formula is C22H18N4Na2O9S2. The molecule has 3 aromatic rings. The van der Waals surface area contributed by atoms with Gasteiger partial charge in [0.05, 0.1) is 22.9 Å². The Bertz CT molecular complexity index is 1690. The summed E-state index contributed by atoms with van der Waals surface area (Å²) in [4.78, 5) is 24.9. The third kappa shape index (κ3) is 7.18. The van der Waals surface area contributed by atoms with Crippen LogP contribution < -0.4 is 5.01 Å². The van der Waals surface area contributed by atoms with Gasteiger partial charge in [0.15, 0.2) is 5.71 Å². The molecule has 0 aliphatic carbocycles. The van der Waals surface area contributed by atoms with E-state index in [1.165, 1.54) is 30.3 Å². The number of hydrazone groups is 1. The number of carbonyl (C=O) groups is 2. The van der Waals surface area contributed by atoms with Gasteiger partial charge in [-0.25, -0.2) is 4.79 Å². The van der Waals surface area contributed by atoms with Crippen LogP contribution in [0, 0.1) is 0 Å². The number of hydrogen-bond donors (Lipinski definition) is 2. The van der Waals surface area contributed by atoms with Crippen LogP contribution in [-0.2, 0) is 34.6 Å². The number of nitrogens with zero attached hydrogens (tertiary/aromatic N) is 4. The zero-order chi connectivity index (χ0) is 27.0. The molecule has 194 valence electrons. The van der Waals surface area contributed by atoms with Gasteiger partial charge in [0.25, 0.3) is 26.1 Å². The Labute approximate surface area is 267 Å². The molecule has 0 spiro atoms. The quantitative estimate of drug-likeness (QED) is 0.179. The van der Waals surface area contributed by atoms with E-state index in [-0.39, 0.29) is 93.1 Å². The van der Waals surface area contributed by atoms with Crippen molar-refractivity contribution >= 4 is 119 Å². The van der Waals surface area contributed by atoms with Crippen LogP contribution in [0.1, 0.15) is 6.92 Å². The molecule has 3 aromatic carbocycles. The SMILES string of the molecule is CCOC(=O)C1=NN(c2ccc(S(=O)(=O)O)cc2)C(=O)C1N=Nc1ccc(S(=O)(=O)O)c2ccccc12.[Na].[Na]. The molecule has 39 heavy (non-hydrogen) atoms. The normalized spacial score (nSPS) is 15.6. The van der Waals surface area contributed by atoms with E-state index in [4.69, 9.17) is 9.29 Å². The van der Waals surface area contributed by atoms with E-state index >= 15 is 0 Å². The van der Waals surface area contributed by atoms with Crippen LogP contribution in [0.25, 0.3) is 10.8 Å². The first-order valence-corrected chi connectivity index (χ1v) is 13.4. The molecule has 1 heterocycles. The third-order valence-electron chi connectivity index (χ3n) is 5.19. The van der Waals surface area contributed by atoms with Crippen molar-refractivity contribution in [2.75, 3.05) is 11.6 Å². The minimum Gasteiger partial charge on any atom is -0.461 e. The van der Waals surface area contributed by atoms with E-state index in [2.05, 4.69) is 15.3 Å². The summed E-state index contributed by atoms with van der Waals surface area (Å²) in [5.41, 5.74) is -0.150. The fourth-order valence-electron chi connectivity index (χ4n) is 3.54. The molecule has 1 amide bonds. The van der Waals surface area contributed by atoms with E-state index in [0.29, 0.717) is 5.39 Å². The molecular weight excluding hydrogens is 574 g/mol. The predicted molar refractivity (Wildman–Crippen MR) is 141 cm³/mol. The van der Waals surface area contributed by atoms with E-state index < -0.39 is 43.1 Å². The molecule has 0 saturated carbocycles. The van der Waals surface area contributed by atoms with Gasteiger partial charge in [-0.2, -0.15) is 37.2 Å². The predicted octanol–water partition coefficient (Wildman–Crippen LogP) is 1.99. The Morgan fingerprint density at radius 3 is 2.13 bits per heavy atom. The summed E-state index contributed by atoms with van der Waals surface area (Å²) < 4.78 is 69.7. The average molecular weight is 593 g/mol. The van der Waals surface area contributed by atoms with Gasteiger partial charge >= 0.3 is 5.97 Å². The molecule has 1 aliphatic rings. The van der Waals surface area contributed by atoms with Crippen molar-refractivity contribution in [1.29, 1.82) is 0 Å². The third-order valence-corrected chi connectivity index (χ3v) is 6.97. The molecule has 2 N–H and O–H groups in total. The van der Waals surface area contributed by atoms with Crippen molar-refractivity contribution in [3.05, 3.63) is 60.7 Å². The van der Waals surface area contributed by atoms with Crippen molar-refractivity contribution in [2.24, 2.45) is 15.3 Å². The molecule has 0 saturated heterocycles. The standard InChI is InChI=1S/C22H18N4O9S2.2Na/c1-2-35-22(28)20-19(21(27)26(25-20)13-7-9-14(10-8-13)36(29,30)31)24-23-17-11-12-18(37(32,33)34)16-6-4-3-5-15(16)17;;/h3-12,19H,2H2,1H3,(H,29,30,31)(H,32,33,34);;. The monoisotopic (exact) mass is 592 g/mol. The summed E-state index contributed by atoms with van der Waals surface area (Å²) in [5, 5.41) is 13.3. The maximum atomic E-state index is 13.1. The maximum absolute atomic E-state index is 13.1. The summed E-state index contributed by atoms with van der Waals surface area (Å²) in [5.74, 6) is -1.73. The van der Waals surface area contributed by atoms with Crippen molar-refractivity contribution in [2.45, 2.75) is 22.8 Å². The van der Waals surface area contributed by atoms with Crippen LogP contribution in [0.15, 0.2) is 85.8 Å². The summed E-state index contributed by atoms with van der Waals surface area (Å²) in [6.07, 6.45) is 0. The first kappa shape index (κ1) is 33.2. The molecule has 1 aliphatic heterocycles. The van der Waals surface area contributed by atoms with Crippen molar-refractivity contribution < 1.29 is 40.3 Å². The van der Waals surface area contributed by atoms with Gasteiger partial charge in [-0.3, -0.25) is 13.9 Å². The van der Waals surface area contributed by atoms with Crippen molar-refractivity contribution in [3.8, 4) is 0 Å². The van der Waals surface area contributed by atoms with Gasteiger partial charge in [0.2, 0.25) is 6.04 Å². The fourth-order valence-corrected chi connectivity index (χ4v) is 4.71. The molecule has 17 heteroatoms. The number of ether oxygens (including phenoxy) is 1. The second-order valence-electron chi connectivity index (χ2n) is 7.55. The Morgan fingerprint density at radius 2 is 1.56 bits per heavy atom. The molecule has 0 fully saturated rings. The van der Waals surface area contributed by atoms with Gasteiger partial charge in [0.1, 0.15) is 4.90 Å². The smallest absolute Gasteiger partial charge is 0.357 e. The van der Waals surface area contributed by atoms with E-state index in [1.807, 2.05) is 0 Å². The molecule has 1 atom stereocenters. The topological polar surface area (TPSA) is 192 Å². The maximum Gasteiger partial charge on any atom is 0.357 e. The van der Waals surface area contributed by atoms with Gasteiger partial charge in [0, 0.05) is 69.9 Å². The van der Waals surface area contributed by atoms with Gasteiger partial charge in [-0.05, 0) is 43.3 Å². The minimum atomic E-state index is -4.53. The molecule has 13 nitrogen and oxygen atoms in total. The zero-order valence-corrected chi connectivity index (χ0v) is 26.5. The average Bonchev–Trinajstić information content (AvgIpc) is 3.17. The Morgan fingerprint density at radius 1 is 0.949 bits per heavy atom.